The predicted octanol–water partition coefficient (Wildman–Crippen LogP) is 1.37. The lowest BCUT2D eigenvalue weighted by Crippen LogP contribution is -2.36. The van der Waals surface area contributed by atoms with E-state index in [1.807, 2.05) is 0 Å². The van der Waals surface area contributed by atoms with Gasteiger partial charge >= 0.3 is 0 Å². The Labute approximate surface area is 91.1 Å². The van der Waals surface area contributed by atoms with Crippen LogP contribution in [0.2, 0.25) is 0 Å². The van der Waals surface area contributed by atoms with Crippen LogP contribution in [-0.4, -0.2) is 22.3 Å². The number of nitrogens with zero attached hydrogens (tertiary/aromatic N) is 1. The summed E-state index contributed by atoms with van der Waals surface area (Å²) in [5, 5.41) is 12.6. The van der Waals surface area contributed by atoms with Gasteiger partial charge in [-0.3, -0.25) is 0 Å². The summed E-state index contributed by atoms with van der Waals surface area (Å²) in [5.74, 6) is 0.685. The maximum Gasteiger partial charge on any atom is 0.0546 e. The maximum atomic E-state index is 9.15. The largest absolute Gasteiger partial charge is 0.393 e. The van der Waals surface area contributed by atoms with Gasteiger partial charge in [0.25, 0.3) is 0 Å². The summed E-state index contributed by atoms with van der Waals surface area (Å²) >= 11 is 0. The third-order valence-corrected chi connectivity index (χ3v) is 3.21. The van der Waals surface area contributed by atoms with Crippen LogP contribution >= 0.6 is 0 Å². The van der Waals surface area contributed by atoms with E-state index in [0.29, 0.717) is 5.92 Å². The van der Waals surface area contributed by atoms with Gasteiger partial charge in [-0.1, -0.05) is 0 Å². The predicted molar refractivity (Wildman–Crippen MR) is 60.5 cm³/mol. The van der Waals surface area contributed by atoms with Crippen molar-refractivity contribution >= 4 is 0 Å². The van der Waals surface area contributed by atoms with Gasteiger partial charge in [-0.25, -0.2) is 0 Å². The van der Waals surface area contributed by atoms with E-state index in [1.54, 1.807) is 0 Å². The van der Waals surface area contributed by atoms with Crippen molar-refractivity contribution in [1.82, 2.24) is 9.88 Å². The molecule has 0 saturated heterocycles. The van der Waals surface area contributed by atoms with Crippen LogP contribution in [0.25, 0.3) is 0 Å². The molecule has 1 aromatic rings. The van der Waals surface area contributed by atoms with Crippen LogP contribution in [0.3, 0.4) is 0 Å². The molecule has 1 fully saturated rings. The van der Waals surface area contributed by atoms with Gasteiger partial charge in [-0.2, -0.15) is 0 Å². The van der Waals surface area contributed by atoms with Crippen molar-refractivity contribution in [2.75, 3.05) is 6.54 Å². The normalized spacial score (nSPS) is 25.2. The number of aryl methyl sites for hydroxylation is 1. The second-order valence-electron chi connectivity index (χ2n) is 4.41. The van der Waals surface area contributed by atoms with Crippen molar-refractivity contribution in [3.05, 3.63) is 24.0 Å². The van der Waals surface area contributed by atoms with E-state index in [9.17, 15) is 0 Å². The SMILES string of the molecule is CCn1cccc1CNCC1CC(O)C1. The monoisotopic (exact) mass is 208 g/mol. The molecule has 1 aliphatic carbocycles. The molecule has 0 spiro atoms. The van der Waals surface area contributed by atoms with Crippen molar-refractivity contribution in [2.24, 2.45) is 5.92 Å². The van der Waals surface area contributed by atoms with E-state index >= 15 is 0 Å². The second kappa shape index (κ2) is 4.81. The van der Waals surface area contributed by atoms with Gasteiger partial charge in [0.05, 0.1) is 6.10 Å². The van der Waals surface area contributed by atoms with Crippen LogP contribution in [0, 0.1) is 5.92 Å². The van der Waals surface area contributed by atoms with Gasteiger partial charge in [0, 0.05) is 25.0 Å². The molecule has 15 heavy (non-hydrogen) atoms. The Bertz CT molecular complexity index is 302. The van der Waals surface area contributed by atoms with E-state index in [1.165, 1.54) is 5.69 Å². The zero-order valence-electron chi connectivity index (χ0n) is 9.32. The lowest BCUT2D eigenvalue weighted by Gasteiger charge is -2.31. The van der Waals surface area contributed by atoms with Crippen LogP contribution in [0.15, 0.2) is 18.3 Å². The summed E-state index contributed by atoms with van der Waals surface area (Å²) in [6, 6.07) is 4.25. The highest BCUT2D eigenvalue weighted by Gasteiger charge is 2.26. The standard InChI is InChI=1S/C12H20N2O/c1-2-14-5-3-4-11(14)9-13-8-10-6-12(15)7-10/h3-5,10,12-13,15H,2,6-9H2,1H3. The Morgan fingerprint density at radius 2 is 2.33 bits per heavy atom. The van der Waals surface area contributed by atoms with E-state index in [-0.39, 0.29) is 6.10 Å². The fraction of sp³-hybridized carbons (Fsp3) is 0.667. The number of hydrogen-bond acceptors (Lipinski definition) is 2. The highest BCUT2D eigenvalue weighted by Crippen LogP contribution is 2.26. The van der Waals surface area contributed by atoms with Crippen molar-refractivity contribution in [1.29, 1.82) is 0 Å². The Morgan fingerprint density at radius 3 is 3.00 bits per heavy atom. The Balaban J connectivity index is 1.69. The first-order valence-electron chi connectivity index (χ1n) is 5.82. The summed E-state index contributed by atoms with van der Waals surface area (Å²) in [5.41, 5.74) is 1.34. The lowest BCUT2D eigenvalue weighted by molar-refractivity contribution is 0.0429. The van der Waals surface area contributed by atoms with Gasteiger partial charge in [-0.15, -0.1) is 0 Å². The molecule has 0 aromatic carbocycles. The van der Waals surface area contributed by atoms with Gasteiger partial charge in [0.2, 0.25) is 0 Å². The molecule has 2 rings (SSSR count). The summed E-state index contributed by atoms with van der Waals surface area (Å²) in [7, 11) is 0. The van der Waals surface area contributed by atoms with Crippen LogP contribution in [0.4, 0.5) is 0 Å². The van der Waals surface area contributed by atoms with Crippen molar-refractivity contribution in [3.63, 3.8) is 0 Å². The topological polar surface area (TPSA) is 37.2 Å². The van der Waals surface area contributed by atoms with Crippen LogP contribution in [-0.2, 0) is 13.1 Å². The molecule has 2 N–H and O–H groups in total. The molecule has 0 radical (unpaired) electrons. The first-order chi connectivity index (χ1) is 7.29. The molecule has 1 saturated carbocycles. The minimum atomic E-state index is -0.0312. The number of aliphatic hydroxyl groups excluding tert-OH is 1. The van der Waals surface area contributed by atoms with Crippen LogP contribution in [0.1, 0.15) is 25.5 Å². The van der Waals surface area contributed by atoms with Gasteiger partial charge in [0.15, 0.2) is 0 Å². The second-order valence-corrected chi connectivity index (χ2v) is 4.41. The van der Waals surface area contributed by atoms with Gasteiger partial charge < -0.3 is 15.0 Å². The summed E-state index contributed by atoms with van der Waals surface area (Å²) in [6.45, 7) is 5.16. The lowest BCUT2D eigenvalue weighted by atomic mass is 9.82. The minimum absolute atomic E-state index is 0.0312. The van der Waals surface area contributed by atoms with Gasteiger partial charge in [0.1, 0.15) is 0 Å². The van der Waals surface area contributed by atoms with Crippen molar-refractivity contribution < 1.29 is 5.11 Å². The molecule has 3 nitrogen and oxygen atoms in total. The van der Waals surface area contributed by atoms with Crippen molar-refractivity contribution in [3.8, 4) is 0 Å². The van der Waals surface area contributed by atoms with E-state index in [4.69, 9.17) is 5.11 Å². The maximum absolute atomic E-state index is 9.15. The Kier molecular flexibility index (Phi) is 3.44. The van der Waals surface area contributed by atoms with E-state index < -0.39 is 0 Å². The molecule has 0 bridgehead atoms. The third-order valence-electron chi connectivity index (χ3n) is 3.21. The first-order valence-corrected chi connectivity index (χ1v) is 5.82. The van der Waals surface area contributed by atoms with E-state index in [2.05, 4.69) is 35.1 Å². The molecule has 1 aliphatic rings. The molecular weight excluding hydrogens is 188 g/mol. The quantitative estimate of drug-likeness (QED) is 0.767. The molecule has 0 amide bonds. The summed E-state index contributed by atoms with van der Waals surface area (Å²) in [4.78, 5) is 0. The van der Waals surface area contributed by atoms with Crippen LogP contribution in [0.5, 0.6) is 0 Å². The molecule has 0 unspecified atom stereocenters. The molecule has 84 valence electrons. The number of nitrogens with one attached hydrogen (secondary N) is 1. The molecule has 0 atom stereocenters. The Hall–Kier alpha value is -0.800. The number of aromatic nitrogens is 1. The number of rotatable bonds is 5. The number of hydrogen-bond donors (Lipinski definition) is 2. The zero-order chi connectivity index (χ0) is 10.7. The Morgan fingerprint density at radius 1 is 1.53 bits per heavy atom. The molecule has 3 heteroatoms. The average Bonchev–Trinajstić information content (AvgIpc) is 2.62. The molecule has 1 aromatic heterocycles. The first kappa shape index (κ1) is 10.7. The fourth-order valence-corrected chi connectivity index (χ4v) is 2.19. The fourth-order valence-electron chi connectivity index (χ4n) is 2.19. The third kappa shape index (κ3) is 2.61. The smallest absolute Gasteiger partial charge is 0.0546 e. The number of aliphatic hydroxyl groups is 1. The molecular formula is C12H20N2O. The highest BCUT2D eigenvalue weighted by atomic mass is 16.3. The van der Waals surface area contributed by atoms with Gasteiger partial charge in [-0.05, 0) is 44.4 Å². The van der Waals surface area contributed by atoms with Crippen molar-refractivity contribution in [2.45, 2.75) is 39.0 Å². The van der Waals surface area contributed by atoms with Crippen LogP contribution < -0.4 is 5.32 Å². The average molecular weight is 208 g/mol. The minimum Gasteiger partial charge on any atom is -0.393 e. The summed E-state index contributed by atoms with van der Waals surface area (Å²) in [6.07, 6.45) is 4.03. The molecule has 0 aliphatic heterocycles. The van der Waals surface area contributed by atoms with E-state index in [0.717, 1.165) is 32.5 Å². The highest BCUT2D eigenvalue weighted by molar-refractivity contribution is 5.06. The zero-order valence-corrected chi connectivity index (χ0v) is 9.32. The summed E-state index contributed by atoms with van der Waals surface area (Å²) < 4.78 is 2.25. The molecule has 1 heterocycles.